The molecule has 4 nitrogen and oxygen atoms in total. The zero-order valence-corrected chi connectivity index (χ0v) is 16.0. The molecular formula is C18H18Cl2N4S. The Hall–Kier alpha value is -1.69. The topological polar surface area (TPSA) is 48.8 Å². The molecule has 2 aromatic rings. The van der Waals surface area contributed by atoms with Crippen LogP contribution in [0.1, 0.15) is 18.9 Å². The Labute approximate surface area is 161 Å². The van der Waals surface area contributed by atoms with E-state index >= 15 is 0 Å². The molecule has 0 spiro atoms. The van der Waals surface area contributed by atoms with E-state index in [0.717, 1.165) is 46.5 Å². The first-order valence-corrected chi connectivity index (χ1v) is 9.66. The SMILES string of the molecule is C/C(=N/Nc1ccc(Cl)c(Cl)c1)c1ccc(NC2=NCCCS2)cc1. The van der Waals surface area contributed by atoms with E-state index in [1.807, 2.05) is 37.3 Å². The molecule has 1 aliphatic rings. The van der Waals surface area contributed by atoms with E-state index in [4.69, 9.17) is 23.2 Å². The number of hydrogen-bond donors (Lipinski definition) is 2. The van der Waals surface area contributed by atoms with Crippen molar-refractivity contribution in [2.75, 3.05) is 23.0 Å². The van der Waals surface area contributed by atoms with E-state index in [9.17, 15) is 0 Å². The molecule has 25 heavy (non-hydrogen) atoms. The first-order chi connectivity index (χ1) is 12.1. The quantitative estimate of drug-likeness (QED) is 0.515. The van der Waals surface area contributed by atoms with Gasteiger partial charge in [-0.15, -0.1) is 0 Å². The summed E-state index contributed by atoms with van der Waals surface area (Å²) in [5.74, 6) is 1.12. The number of thioether (sulfide) groups is 1. The Morgan fingerprint density at radius 2 is 1.84 bits per heavy atom. The molecular weight excluding hydrogens is 375 g/mol. The van der Waals surface area contributed by atoms with Gasteiger partial charge < -0.3 is 5.32 Å². The highest BCUT2D eigenvalue weighted by Gasteiger charge is 2.06. The van der Waals surface area contributed by atoms with E-state index in [1.165, 1.54) is 0 Å². The average molecular weight is 393 g/mol. The van der Waals surface area contributed by atoms with Crippen molar-refractivity contribution in [1.29, 1.82) is 0 Å². The minimum atomic E-state index is 0.499. The molecule has 130 valence electrons. The third-order valence-electron chi connectivity index (χ3n) is 3.62. The van der Waals surface area contributed by atoms with Crippen LogP contribution in [0.5, 0.6) is 0 Å². The fourth-order valence-corrected chi connectivity index (χ4v) is 3.37. The molecule has 2 N–H and O–H groups in total. The fraction of sp³-hybridized carbons (Fsp3) is 0.222. The molecule has 1 heterocycles. The van der Waals surface area contributed by atoms with Gasteiger partial charge >= 0.3 is 0 Å². The summed E-state index contributed by atoms with van der Waals surface area (Å²) in [5, 5.41) is 9.76. The molecule has 0 atom stereocenters. The molecule has 1 aliphatic heterocycles. The summed E-state index contributed by atoms with van der Waals surface area (Å²) in [6.45, 7) is 2.85. The van der Waals surface area contributed by atoms with Gasteiger partial charge in [0.05, 0.1) is 21.4 Å². The van der Waals surface area contributed by atoms with Crippen molar-refractivity contribution < 1.29 is 0 Å². The van der Waals surface area contributed by atoms with Gasteiger partial charge in [0.25, 0.3) is 0 Å². The van der Waals surface area contributed by atoms with Crippen LogP contribution in [0.2, 0.25) is 10.0 Å². The lowest BCUT2D eigenvalue weighted by Crippen LogP contribution is -2.13. The molecule has 0 amide bonds. The highest BCUT2D eigenvalue weighted by molar-refractivity contribution is 8.14. The first-order valence-electron chi connectivity index (χ1n) is 7.92. The summed E-state index contributed by atoms with van der Waals surface area (Å²) >= 11 is 13.7. The number of amidine groups is 1. The van der Waals surface area contributed by atoms with Gasteiger partial charge in [0.1, 0.15) is 0 Å². The first kappa shape index (κ1) is 18.1. The van der Waals surface area contributed by atoms with Gasteiger partial charge in [-0.2, -0.15) is 5.10 Å². The Kier molecular flexibility index (Phi) is 6.24. The van der Waals surface area contributed by atoms with Crippen LogP contribution in [-0.2, 0) is 0 Å². The van der Waals surface area contributed by atoms with Crippen LogP contribution in [0, 0.1) is 0 Å². The predicted octanol–water partition coefficient (Wildman–Crippen LogP) is 5.73. The van der Waals surface area contributed by atoms with Crippen LogP contribution >= 0.6 is 35.0 Å². The predicted molar refractivity (Wildman–Crippen MR) is 112 cm³/mol. The third-order valence-corrected chi connectivity index (χ3v) is 5.36. The molecule has 0 aromatic heterocycles. The Morgan fingerprint density at radius 3 is 2.52 bits per heavy atom. The molecule has 0 aliphatic carbocycles. The third kappa shape index (κ3) is 5.14. The minimum Gasteiger partial charge on any atom is -0.335 e. The van der Waals surface area contributed by atoms with Crippen LogP contribution in [0.3, 0.4) is 0 Å². The standard InChI is InChI=1S/C18H18Cl2N4S/c1-12(23-24-15-7-8-16(19)17(20)11-15)13-3-5-14(6-4-13)22-18-21-9-2-10-25-18/h3-8,11,24H,2,9-10H2,1H3,(H,21,22)/b23-12-. The zero-order chi connectivity index (χ0) is 17.6. The molecule has 0 unspecified atom stereocenters. The smallest absolute Gasteiger partial charge is 0.161 e. The van der Waals surface area contributed by atoms with Crippen molar-refractivity contribution >= 4 is 57.2 Å². The number of aliphatic imine (C=N–C) groups is 1. The van der Waals surface area contributed by atoms with Gasteiger partial charge in [-0.05, 0) is 49.2 Å². The molecule has 3 rings (SSSR count). The minimum absolute atomic E-state index is 0.499. The van der Waals surface area contributed by atoms with Gasteiger partial charge in [-0.3, -0.25) is 10.4 Å². The van der Waals surface area contributed by atoms with Crippen LogP contribution in [0.4, 0.5) is 11.4 Å². The summed E-state index contributed by atoms with van der Waals surface area (Å²) in [5.41, 5.74) is 6.73. The van der Waals surface area contributed by atoms with Crippen LogP contribution < -0.4 is 10.7 Å². The summed E-state index contributed by atoms with van der Waals surface area (Å²) in [6, 6.07) is 13.5. The lowest BCUT2D eigenvalue weighted by molar-refractivity contribution is 0.938. The molecule has 7 heteroatoms. The Morgan fingerprint density at radius 1 is 1.08 bits per heavy atom. The second-order valence-corrected chi connectivity index (χ2v) is 7.43. The van der Waals surface area contributed by atoms with Gasteiger partial charge in [-0.25, -0.2) is 0 Å². The summed E-state index contributed by atoms with van der Waals surface area (Å²) in [7, 11) is 0. The van der Waals surface area contributed by atoms with Gasteiger partial charge in [0.2, 0.25) is 0 Å². The molecule has 0 fully saturated rings. The molecule has 2 aromatic carbocycles. The average Bonchev–Trinajstić information content (AvgIpc) is 2.64. The van der Waals surface area contributed by atoms with E-state index < -0.39 is 0 Å². The van der Waals surface area contributed by atoms with Crippen molar-refractivity contribution in [3.8, 4) is 0 Å². The lowest BCUT2D eigenvalue weighted by Gasteiger charge is -2.13. The number of hydrogen-bond acceptors (Lipinski definition) is 5. The second kappa shape index (κ2) is 8.61. The monoisotopic (exact) mass is 392 g/mol. The van der Waals surface area contributed by atoms with E-state index in [0.29, 0.717) is 10.0 Å². The highest BCUT2D eigenvalue weighted by atomic mass is 35.5. The van der Waals surface area contributed by atoms with Crippen molar-refractivity contribution in [2.24, 2.45) is 10.1 Å². The fourth-order valence-electron chi connectivity index (χ4n) is 2.23. The number of halogens is 2. The lowest BCUT2D eigenvalue weighted by atomic mass is 10.1. The van der Waals surface area contributed by atoms with Gasteiger partial charge in [0.15, 0.2) is 5.17 Å². The Bertz CT molecular complexity index is 803. The van der Waals surface area contributed by atoms with E-state index in [-0.39, 0.29) is 0 Å². The molecule has 0 saturated heterocycles. The van der Waals surface area contributed by atoms with Crippen molar-refractivity contribution in [2.45, 2.75) is 13.3 Å². The number of anilines is 2. The number of nitrogens with one attached hydrogen (secondary N) is 2. The largest absolute Gasteiger partial charge is 0.335 e. The van der Waals surface area contributed by atoms with Crippen molar-refractivity contribution in [1.82, 2.24) is 0 Å². The van der Waals surface area contributed by atoms with Crippen molar-refractivity contribution in [3.05, 3.63) is 58.1 Å². The Balaban J connectivity index is 1.64. The molecule has 0 bridgehead atoms. The van der Waals surface area contributed by atoms with Gasteiger partial charge in [0, 0.05) is 18.0 Å². The summed E-state index contributed by atoms with van der Waals surface area (Å²) in [4.78, 5) is 4.47. The van der Waals surface area contributed by atoms with E-state index in [1.54, 1.807) is 23.9 Å². The highest BCUT2D eigenvalue weighted by Crippen LogP contribution is 2.25. The molecule has 0 saturated carbocycles. The maximum Gasteiger partial charge on any atom is 0.161 e. The van der Waals surface area contributed by atoms with Gasteiger partial charge in [-0.1, -0.05) is 47.1 Å². The normalized spacial score (nSPS) is 14.8. The molecule has 0 radical (unpaired) electrons. The number of benzene rings is 2. The maximum absolute atomic E-state index is 6.00. The number of nitrogens with zero attached hydrogens (tertiary/aromatic N) is 2. The number of rotatable bonds is 4. The second-order valence-electron chi connectivity index (χ2n) is 5.53. The van der Waals surface area contributed by atoms with E-state index in [2.05, 4.69) is 20.8 Å². The van der Waals surface area contributed by atoms with Crippen molar-refractivity contribution in [3.63, 3.8) is 0 Å². The van der Waals surface area contributed by atoms with Crippen LogP contribution in [0.25, 0.3) is 0 Å². The zero-order valence-electron chi connectivity index (χ0n) is 13.7. The maximum atomic E-state index is 6.00. The number of hydrazone groups is 1. The summed E-state index contributed by atoms with van der Waals surface area (Å²) < 4.78 is 0. The summed E-state index contributed by atoms with van der Waals surface area (Å²) in [6.07, 6.45) is 1.15. The van der Waals surface area contributed by atoms with Crippen LogP contribution in [0.15, 0.2) is 52.6 Å². The van der Waals surface area contributed by atoms with Crippen LogP contribution in [-0.4, -0.2) is 23.2 Å².